The Bertz CT molecular complexity index is 731. The van der Waals surface area contributed by atoms with Crippen LogP contribution in [0.1, 0.15) is 35.8 Å². The lowest BCUT2D eigenvalue weighted by Crippen LogP contribution is -2.35. The summed E-state index contributed by atoms with van der Waals surface area (Å²) in [4.78, 5) is 12.2. The molecule has 0 bridgehead atoms. The summed E-state index contributed by atoms with van der Waals surface area (Å²) in [6.45, 7) is 1.27. The van der Waals surface area contributed by atoms with Crippen LogP contribution in [0.5, 0.6) is 0 Å². The minimum absolute atomic E-state index is 0.125. The lowest BCUT2D eigenvalue weighted by atomic mass is 9.96. The average Bonchev–Trinajstić information content (AvgIpc) is 3.05. The Morgan fingerprint density at radius 2 is 2.17 bits per heavy atom. The number of nitrogens with one attached hydrogen (secondary N) is 1. The first-order valence-corrected chi connectivity index (χ1v) is 7.20. The highest BCUT2D eigenvalue weighted by Crippen LogP contribution is 2.32. The quantitative estimate of drug-likeness (QED) is 0.923. The number of hydrogen-bond acceptors (Lipinski definition) is 4. The zero-order valence-corrected chi connectivity index (χ0v) is 12.1. The molecule has 0 saturated carbocycles. The minimum atomic E-state index is -4.42. The van der Waals surface area contributed by atoms with Gasteiger partial charge in [0.2, 0.25) is 0 Å². The van der Waals surface area contributed by atoms with Crippen molar-refractivity contribution in [3.8, 4) is 6.07 Å². The van der Waals surface area contributed by atoms with Gasteiger partial charge in [0.1, 0.15) is 17.6 Å². The van der Waals surface area contributed by atoms with E-state index < -0.39 is 11.9 Å². The van der Waals surface area contributed by atoms with Crippen molar-refractivity contribution in [1.82, 2.24) is 15.0 Å². The molecule has 5 nitrogen and oxygen atoms in total. The van der Waals surface area contributed by atoms with Crippen LogP contribution in [0.15, 0.2) is 24.7 Å². The summed E-state index contributed by atoms with van der Waals surface area (Å²) in [7, 11) is 0. The van der Waals surface area contributed by atoms with Gasteiger partial charge in [-0.3, -0.25) is 4.98 Å². The smallest absolute Gasteiger partial charge is 0.370 e. The number of aromatic amines is 1. The minimum Gasteiger partial charge on any atom is -0.370 e. The first-order chi connectivity index (χ1) is 11.0. The highest BCUT2D eigenvalue weighted by molar-refractivity contribution is 5.58. The summed E-state index contributed by atoms with van der Waals surface area (Å²) in [5.41, 5.74) is 0.393. The van der Waals surface area contributed by atoms with Crippen LogP contribution in [0.2, 0.25) is 0 Å². The fraction of sp³-hybridized carbons (Fsp3) is 0.400. The average molecular weight is 321 g/mol. The van der Waals surface area contributed by atoms with Crippen molar-refractivity contribution < 1.29 is 13.2 Å². The van der Waals surface area contributed by atoms with Crippen LogP contribution in [0.4, 0.5) is 18.9 Å². The van der Waals surface area contributed by atoms with Crippen LogP contribution < -0.4 is 4.90 Å². The van der Waals surface area contributed by atoms with Gasteiger partial charge in [-0.15, -0.1) is 0 Å². The molecule has 3 rings (SSSR count). The second kappa shape index (κ2) is 5.91. The van der Waals surface area contributed by atoms with Crippen LogP contribution in [-0.2, 0) is 6.18 Å². The van der Waals surface area contributed by atoms with Gasteiger partial charge in [-0.25, -0.2) is 4.98 Å². The molecule has 1 atom stereocenters. The van der Waals surface area contributed by atoms with Crippen molar-refractivity contribution >= 4 is 5.69 Å². The molecular formula is C15H14F3N5. The van der Waals surface area contributed by atoms with Crippen molar-refractivity contribution in [3.63, 3.8) is 0 Å². The summed E-state index contributed by atoms with van der Waals surface area (Å²) in [5, 5.41) is 9.16. The number of piperidine rings is 1. The van der Waals surface area contributed by atoms with Gasteiger partial charge in [0.15, 0.2) is 0 Å². The van der Waals surface area contributed by atoms with E-state index in [4.69, 9.17) is 5.26 Å². The number of aromatic nitrogens is 3. The van der Waals surface area contributed by atoms with E-state index in [0.717, 1.165) is 31.3 Å². The van der Waals surface area contributed by atoms with Gasteiger partial charge in [-0.2, -0.15) is 18.4 Å². The van der Waals surface area contributed by atoms with Gasteiger partial charge in [-0.05, 0) is 18.9 Å². The normalized spacial score (nSPS) is 18.7. The van der Waals surface area contributed by atoms with Gasteiger partial charge < -0.3 is 9.88 Å². The molecule has 1 saturated heterocycles. The van der Waals surface area contributed by atoms with Crippen LogP contribution >= 0.6 is 0 Å². The Kier molecular flexibility index (Phi) is 3.94. The maximum absolute atomic E-state index is 12.7. The number of rotatable bonds is 2. The second-order valence-electron chi connectivity index (χ2n) is 5.47. The summed E-state index contributed by atoms with van der Waals surface area (Å²) in [6, 6.07) is 3.85. The maximum Gasteiger partial charge on any atom is 0.432 e. The van der Waals surface area contributed by atoms with Crippen LogP contribution in [0.3, 0.4) is 0 Å². The molecule has 0 spiro atoms. The Labute approximate surface area is 130 Å². The van der Waals surface area contributed by atoms with Crippen molar-refractivity contribution in [3.05, 3.63) is 41.7 Å². The number of pyridine rings is 1. The standard InChI is InChI=1S/C15H14F3N5/c16-15(17,18)13-8-21-14(22-13)10-2-1-5-23(9-10)12-3-4-20-7-11(12)6-19/h3-4,7-8,10H,1-2,5,9H2,(H,21,22)/t10-/m1/s1. The van der Waals surface area contributed by atoms with Crippen LogP contribution in [0.25, 0.3) is 0 Å². The third-order valence-corrected chi connectivity index (χ3v) is 3.97. The largest absolute Gasteiger partial charge is 0.432 e. The molecule has 1 N–H and O–H groups in total. The van der Waals surface area contributed by atoms with E-state index in [2.05, 4.69) is 21.0 Å². The highest BCUT2D eigenvalue weighted by atomic mass is 19.4. The van der Waals surface area contributed by atoms with E-state index in [1.807, 2.05) is 4.90 Å². The number of H-pyrrole nitrogens is 1. The molecule has 0 radical (unpaired) electrons. The fourth-order valence-electron chi connectivity index (χ4n) is 2.86. The molecule has 1 fully saturated rings. The van der Waals surface area contributed by atoms with E-state index in [0.29, 0.717) is 17.9 Å². The maximum atomic E-state index is 12.7. The summed E-state index contributed by atoms with van der Waals surface area (Å²) < 4.78 is 38.1. The predicted octanol–water partition coefficient (Wildman–Crippen LogP) is 3.08. The Balaban J connectivity index is 1.81. The molecule has 2 aromatic rings. The lowest BCUT2D eigenvalue weighted by molar-refractivity contribution is -0.141. The van der Waals surface area contributed by atoms with E-state index in [-0.39, 0.29) is 5.92 Å². The molecule has 0 amide bonds. The topological polar surface area (TPSA) is 68.6 Å². The monoisotopic (exact) mass is 321 g/mol. The number of hydrogen-bond donors (Lipinski definition) is 1. The zero-order chi connectivity index (χ0) is 16.4. The van der Waals surface area contributed by atoms with Gasteiger partial charge in [-0.1, -0.05) is 0 Å². The molecule has 0 aliphatic carbocycles. The molecule has 23 heavy (non-hydrogen) atoms. The number of anilines is 1. The number of nitrogens with zero attached hydrogens (tertiary/aromatic N) is 4. The Morgan fingerprint density at radius 3 is 2.87 bits per heavy atom. The Hall–Kier alpha value is -2.56. The summed E-state index contributed by atoms with van der Waals surface area (Å²) in [6.07, 6.45) is 1.09. The number of imidazole rings is 1. The molecule has 1 aliphatic heterocycles. The van der Waals surface area contributed by atoms with Gasteiger partial charge in [0, 0.05) is 31.4 Å². The van der Waals surface area contributed by atoms with Crippen molar-refractivity contribution in [2.75, 3.05) is 18.0 Å². The third kappa shape index (κ3) is 3.13. The number of halogens is 3. The highest BCUT2D eigenvalue weighted by Gasteiger charge is 2.34. The van der Waals surface area contributed by atoms with Crippen LogP contribution in [0, 0.1) is 11.3 Å². The van der Waals surface area contributed by atoms with Gasteiger partial charge in [0.05, 0.1) is 17.4 Å². The molecule has 0 unspecified atom stereocenters. The van der Waals surface area contributed by atoms with E-state index in [1.54, 1.807) is 12.3 Å². The van der Waals surface area contributed by atoms with Gasteiger partial charge in [0.25, 0.3) is 0 Å². The second-order valence-corrected chi connectivity index (χ2v) is 5.47. The van der Waals surface area contributed by atoms with Crippen molar-refractivity contribution in [1.29, 1.82) is 5.26 Å². The first-order valence-electron chi connectivity index (χ1n) is 7.20. The molecule has 2 aromatic heterocycles. The number of nitriles is 1. The number of alkyl halides is 3. The molecule has 120 valence electrons. The van der Waals surface area contributed by atoms with E-state index in [1.165, 1.54) is 6.20 Å². The van der Waals surface area contributed by atoms with Crippen molar-refractivity contribution in [2.24, 2.45) is 0 Å². The summed E-state index contributed by atoms with van der Waals surface area (Å²) >= 11 is 0. The molecule has 1 aliphatic rings. The third-order valence-electron chi connectivity index (χ3n) is 3.97. The van der Waals surface area contributed by atoms with Crippen molar-refractivity contribution in [2.45, 2.75) is 24.9 Å². The molecule has 0 aromatic carbocycles. The van der Waals surface area contributed by atoms with Crippen LogP contribution in [-0.4, -0.2) is 28.0 Å². The lowest BCUT2D eigenvalue weighted by Gasteiger charge is -2.34. The zero-order valence-electron chi connectivity index (χ0n) is 12.1. The first kappa shape index (κ1) is 15.3. The predicted molar refractivity (Wildman–Crippen MR) is 76.7 cm³/mol. The fourth-order valence-corrected chi connectivity index (χ4v) is 2.86. The molecule has 8 heteroatoms. The van der Waals surface area contributed by atoms with E-state index >= 15 is 0 Å². The Morgan fingerprint density at radius 1 is 1.35 bits per heavy atom. The van der Waals surface area contributed by atoms with Gasteiger partial charge >= 0.3 is 6.18 Å². The summed E-state index contributed by atoms with van der Waals surface area (Å²) in [5.74, 6) is 0.217. The molecule has 3 heterocycles. The SMILES string of the molecule is N#Cc1cnccc1N1CCC[C@@H](c2ncc(C(F)(F)F)[nH]2)C1. The molecular weight excluding hydrogens is 307 g/mol. The van der Waals surface area contributed by atoms with E-state index in [9.17, 15) is 13.2 Å².